The molecule has 0 spiro atoms. The molecular weight excluding hydrogens is 462 g/mol. The van der Waals surface area contributed by atoms with Crippen LogP contribution in [0.1, 0.15) is 21.5 Å². The zero-order valence-corrected chi connectivity index (χ0v) is 20.4. The Balaban J connectivity index is 1.51. The predicted octanol–water partition coefficient (Wildman–Crippen LogP) is 5.71. The Morgan fingerprint density at radius 1 is 0.914 bits per heavy atom. The van der Waals surface area contributed by atoms with Crippen molar-refractivity contribution >= 4 is 33.3 Å². The molecule has 8 heteroatoms. The molecule has 0 radical (unpaired) electrons. The van der Waals surface area contributed by atoms with E-state index in [4.69, 9.17) is 9.47 Å². The Bertz CT molecular complexity index is 1330. The summed E-state index contributed by atoms with van der Waals surface area (Å²) in [7, 11) is 1.57. The molecule has 0 saturated heterocycles. The molecule has 3 aromatic carbocycles. The highest BCUT2D eigenvalue weighted by Crippen LogP contribution is 2.36. The molecule has 0 saturated carbocycles. The number of thiazole rings is 1. The first-order valence-corrected chi connectivity index (χ1v) is 11.8. The van der Waals surface area contributed by atoms with Crippen molar-refractivity contribution in [3.63, 3.8) is 0 Å². The quantitative estimate of drug-likeness (QED) is 0.333. The predicted molar refractivity (Wildman–Crippen MR) is 139 cm³/mol. The van der Waals surface area contributed by atoms with Crippen LogP contribution in [-0.2, 0) is 4.79 Å². The van der Waals surface area contributed by atoms with Gasteiger partial charge in [-0.2, -0.15) is 0 Å². The van der Waals surface area contributed by atoms with Gasteiger partial charge in [-0.05, 0) is 55.3 Å². The van der Waals surface area contributed by atoms with Gasteiger partial charge in [0.15, 0.2) is 11.7 Å². The molecule has 2 N–H and O–H groups in total. The molecule has 0 fully saturated rings. The van der Waals surface area contributed by atoms with Crippen molar-refractivity contribution < 1.29 is 19.1 Å². The highest BCUT2D eigenvalue weighted by molar-refractivity contribution is 7.20. The number of ether oxygens (including phenoxy) is 2. The zero-order chi connectivity index (χ0) is 24.8. The van der Waals surface area contributed by atoms with E-state index in [2.05, 4.69) is 15.6 Å². The second-order valence-corrected chi connectivity index (χ2v) is 8.78. The summed E-state index contributed by atoms with van der Waals surface area (Å²) in [5.74, 6) is 0.700. The molecule has 0 bridgehead atoms. The fourth-order valence-corrected chi connectivity index (χ4v) is 4.25. The van der Waals surface area contributed by atoms with E-state index in [9.17, 15) is 9.59 Å². The molecule has 0 unspecified atom stereocenters. The van der Waals surface area contributed by atoms with Gasteiger partial charge in [0.1, 0.15) is 22.2 Å². The lowest BCUT2D eigenvalue weighted by Crippen LogP contribution is -2.20. The monoisotopic (exact) mass is 487 g/mol. The number of aryl methyl sites for hydroxylation is 1. The fourth-order valence-electron chi connectivity index (χ4n) is 3.35. The summed E-state index contributed by atoms with van der Waals surface area (Å²) in [6, 6.07) is 22.0. The van der Waals surface area contributed by atoms with Crippen molar-refractivity contribution in [2.24, 2.45) is 0 Å². The van der Waals surface area contributed by atoms with Crippen LogP contribution in [0.4, 0.5) is 10.1 Å². The number of carbonyl (C=O) groups excluding carboxylic acids is 2. The zero-order valence-electron chi connectivity index (χ0n) is 19.6. The van der Waals surface area contributed by atoms with E-state index < -0.39 is 0 Å². The maximum absolute atomic E-state index is 12.9. The largest absolute Gasteiger partial charge is 0.497 e. The second kappa shape index (κ2) is 10.8. The van der Waals surface area contributed by atoms with E-state index in [1.165, 1.54) is 11.3 Å². The third-order valence-corrected chi connectivity index (χ3v) is 6.30. The first kappa shape index (κ1) is 24.0. The topological polar surface area (TPSA) is 89.6 Å². The first-order valence-electron chi connectivity index (χ1n) is 10.9. The molecule has 4 rings (SSSR count). The highest BCUT2D eigenvalue weighted by atomic mass is 32.1. The average Bonchev–Trinajstić information content (AvgIpc) is 3.27. The SMILES string of the molecule is COc1ccc(C(=O)Nc2sc(NC(=O)COc3cccc(C)c3C)nc2-c2ccccc2)cc1. The minimum Gasteiger partial charge on any atom is -0.497 e. The number of nitrogens with zero attached hydrogens (tertiary/aromatic N) is 1. The number of nitrogens with one attached hydrogen (secondary N) is 2. The van der Waals surface area contributed by atoms with Crippen molar-refractivity contribution in [3.8, 4) is 22.8 Å². The summed E-state index contributed by atoms with van der Waals surface area (Å²) >= 11 is 1.19. The number of hydrogen-bond donors (Lipinski definition) is 2. The van der Waals surface area contributed by atoms with Gasteiger partial charge < -0.3 is 14.8 Å². The molecule has 7 nitrogen and oxygen atoms in total. The van der Waals surface area contributed by atoms with Crippen molar-refractivity contribution in [2.45, 2.75) is 13.8 Å². The van der Waals surface area contributed by atoms with Crippen LogP contribution in [0.25, 0.3) is 11.3 Å². The average molecular weight is 488 g/mol. The molecule has 35 heavy (non-hydrogen) atoms. The Morgan fingerprint density at radius 2 is 1.66 bits per heavy atom. The van der Waals surface area contributed by atoms with Crippen LogP contribution in [0.2, 0.25) is 0 Å². The van der Waals surface area contributed by atoms with Crippen LogP contribution in [0.15, 0.2) is 72.8 Å². The number of anilines is 2. The van der Waals surface area contributed by atoms with Gasteiger partial charge in [-0.1, -0.05) is 53.8 Å². The lowest BCUT2D eigenvalue weighted by molar-refractivity contribution is -0.118. The van der Waals surface area contributed by atoms with E-state index in [0.29, 0.717) is 32.9 Å². The molecule has 0 atom stereocenters. The molecule has 0 aliphatic carbocycles. The van der Waals surface area contributed by atoms with Crippen molar-refractivity contribution in [1.29, 1.82) is 0 Å². The summed E-state index contributed by atoms with van der Waals surface area (Å²) in [4.78, 5) is 30.0. The van der Waals surface area contributed by atoms with Gasteiger partial charge in [-0.3, -0.25) is 14.9 Å². The molecule has 0 aliphatic rings. The lowest BCUT2D eigenvalue weighted by Gasteiger charge is -2.10. The van der Waals surface area contributed by atoms with E-state index >= 15 is 0 Å². The summed E-state index contributed by atoms with van der Waals surface area (Å²) in [5, 5.41) is 6.60. The standard InChI is InChI=1S/C27H25N3O4S/c1-17-8-7-11-22(18(17)2)34-16-23(31)28-27-29-24(19-9-5-4-6-10-19)26(35-27)30-25(32)20-12-14-21(33-3)15-13-20/h4-15H,16H2,1-3H3,(H,30,32)(H,28,29,31). The van der Waals surface area contributed by atoms with Crippen LogP contribution in [-0.4, -0.2) is 30.5 Å². The third-order valence-electron chi connectivity index (χ3n) is 5.41. The third kappa shape index (κ3) is 5.85. The Kier molecular flexibility index (Phi) is 7.42. The van der Waals surface area contributed by atoms with Gasteiger partial charge >= 0.3 is 0 Å². The van der Waals surface area contributed by atoms with Gasteiger partial charge in [-0.15, -0.1) is 0 Å². The number of benzene rings is 3. The lowest BCUT2D eigenvalue weighted by atomic mass is 10.1. The van der Waals surface area contributed by atoms with Gasteiger partial charge in [0.05, 0.1) is 7.11 Å². The summed E-state index contributed by atoms with van der Waals surface area (Å²) in [6.07, 6.45) is 0. The minimum absolute atomic E-state index is 0.155. The van der Waals surface area contributed by atoms with Crippen molar-refractivity contribution in [3.05, 3.63) is 89.5 Å². The maximum Gasteiger partial charge on any atom is 0.264 e. The molecular formula is C27H25N3O4S. The van der Waals surface area contributed by atoms with E-state index in [0.717, 1.165) is 16.7 Å². The smallest absolute Gasteiger partial charge is 0.264 e. The number of amides is 2. The number of carbonyl (C=O) groups is 2. The molecule has 178 valence electrons. The highest BCUT2D eigenvalue weighted by Gasteiger charge is 2.18. The Morgan fingerprint density at radius 3 is 2.37 bits per heavy atom. The summed E-state index contributed by atoms with van der Waals surface area (Å²) in [6.45, 7) is 3.79. The second-order valence-electron chi connectivity index (χ2n) is 7.78. The van der Waals surface area contributed by atoms with E-state index in [1.807, 2.05) is 62.4 Å². The number of aromatic nitrogens is 1. The van der Waals surface area contributed by atoms with E-state index in [-0.39, 0.29) is 18.4 Å². The summed E-state index contributed by atoms with van der Waals surface area (Å²) in [5.41, 5.74) is 3.95. The first-order chi connectivity index (χ1) is 16.9. The van der Waals surface area contributed by atoms with Crippen LogP contribution < -0.4 is 20.1 Å². The van der Waals surface area contributed by atoms with Crippen molar-refractivity contribution in [1.82, 2.24) is 4.98 Å². The van der Waals surface area contributed by atoms with Gasteiger partial charge in [0, 0.05) is 11.1 Å². The van der Waals surface area contributed by atoms with Crippen LogP contribution in [0.3, 0.4) is 0 Å². The molecule has 1 heterocycles. The molecule has 1 aromatic heterocycles. The van der Waals surface area contributed by atoms with Crippen molar-refractivity contribution in [2.75, 3.05) is 24.4 Å². The molecule has 0 aliphatic heterocycles. The maximum atomic E-state index is 12.9. The normalized spacial score (nSPS) is 10.5. The van der Waals surface area contributed by atoms with E-state index in [1.54, 1.807) is 31.4 Å². The summed E-state index contributed by atoms with van der Waals surface area (Å²) < 4.78 is 10.9. The Labute approximate surface area is 207 Å². The fraction of sp³-hybridized carbons (Fsp3) is 0.148. The van der Waals surface area contributed by atoms with Gasteiger partial charge in [0.25, 0.3) is 11.8 Å². The van der Waals surface area contributed by atoms with Gasteiger partial charge in [0.2, 0.25) is 0 Å². The molecule has 4 aromatic rings. The minimum atomic E-state index is -0.340. The Hall–Kier alpha value is -4.17. The molecule has 2 amide bonds. The van der Waals surface area contributed by atoms with Crippen LogP contribution in [0.5, 0.6) is 11.5 Å². The van der Waals surface area contributed by atoms with Crippen LogP contribution >= 0.6 is 11.3 Å². The number of rotatable bonds is 8. The number of hydrogen-bond acceptors (Lipinski definition) is 6. The number of methoxy groups -OCH3 is 1. The van der Waals surface area contributed by atoms with Gasteiger partial charge in [-0.25, -0.2) is 4.98 Å². The van der Waals surface area contributed by atoms with Crippen LogP contribution in [0, 0.1) is 13.8 Å².